The molecule has 1 unspecified atom stereocenters. The molecule has 0 radical (unpaired) electrons. The maximum Gasteiger partial charge on any atom is 0.271 e. The largest absolute Gasteiger partial charge is 0.354 e. The van der Waals surface area contributed by atoms with Gasteiger partial charge >= 0.3 is 0 Å². The fourth-order valence-corrected chi connectivity index (χ4v) is 5.20. The van der Waals surface area contributed by atoms with E-state index in [4.69, 9.17) is 11.6 Å². The summed E-state index contributed by atoms with van der Waals surface area (Å²) in [4.78, 5) is 39.7. The van der Waals surface area contributed by atoms with Gasteiger partial charge in [-0.2, -0.15) is 0 Å². The van der Waals surface area contributed by atoms with Crippen LogP contribution < -0.4 is 9.62 Å². The van der Waals surface area contributed by atoms with Gasteiger partial charge in [-0.05, 0) is 29.2 Å². The molecule has 41 heavy (non-hydrogen) atoms. The molecule has 3 aromatic rings. The van der Waals surface area contributed by atoms with E-state index in [-0.39, 0.29) is 30.3 Å². The molecular formula is C29H33ClN4O6S. The number of sulfonamides is 1. The molecule has 0 aromatic heterocycles. The zero-order valence-electron chi connectivity index (χ0n) is 23.1. The number of halogens is 1. The lowest BCUT2D eigenvalue weighted by atomic mass is 10.0. The Kier molecular flexibility index (Phi) is 10.8. The van der Waals surface area contributed by atoms with Crippen LogP contribution in [0.25, 0.3) is 0 Å². The molecule has 2 amide bonds. The van der Waals surface area contributed by atoms with Crippen LogP contribution >= 0.6 is 11.6 Å². The minimum Gasteiger partial charge on any atom is -0.354 e. The Morgan fingerprint density at radius 3 is 2.27 bits per heavy atom. The number of rotatable bonds is 13. The van der Waals surface area contributed by atoms with Crippen molar-refractivity contribution in [2.75, 3.05) is 23.7 Å². The van der Waals surface area contributed by atoms with Crippen molar-refractivity contribution < 1.29 is 22.9 Å². The molecule has 0 fully saturated rings. The first-order chi connectivity index (χ1) is 19.4. The van der Waals surface area contributed by atoms with E-state index in [2.05, 4.69) is 5.32 Å². The highest BCUT2D eigenvalue weighted by atomic mass is 35.5. The van der Waals surface area contributed by atoms with Gasteiger partial charge in [0.15, 0.2) is 0 Å². The Bertz CT molecular complexity index is 1480. The van der Waals surface area contributed by atoms with E-state index >= 15 is 0 Å². The summed E-state index contributed by atoms with van der Waals surface area (Å²) in [5.74, 6) is -0.926. The normalized spacial score (nSPS) is 12.0. The van der Waals surface area contributed by atoms with Crippen molar-refractivity contribution in [1.29, 1.82) is 0 Å². The first kappa shape index (κ1) is 31.6. The Morgan fingerprint density at radius 1 is 1.00 bits per heavy atom. The number of hydrogen-bond donors (Lipinski definition) is 1. The van der Waals surface area contributed by atoms with Crippen molar-refractivity contribution in [1.82, 2.24) is 10.2 Å². The molecule has 0 saturated carbocycles. The van der Waals surface area contributed by atoms with Crippen molar-refractivity contribution in [2.24, 2.45) is 5.92 Å². The van der Waals surface area contributed by atoms with Crippen molar-refractivity contribution >= 4 is 44.8 Å². The Morgan fingerprint density at radius 2 is 1.66 bits per heavy atom. The van der Waals surface area contributed by atoms with Gasteiger partial charge in [0, 0.05) is 36.7 Å². The second kappa shape index (κ2) is 14.1. The van der Waals surface area contributed by atoms with Crippen LogP contribution in [0.4, 0.5) is 11.4 Å². The number of nitrogens with one attached hydrogen (secondary N) is 1. The fraction of sp³-hybridized carbons (Fsp3) is 0.310. The second-order valence-corrected chi connectivity index (χ2v) is 12.3. The minimum atomic E-state index is -4.06. The summed E-state index contributed by atoms with van der Waals surface area (Å²) >= 11 is 6.43. The van der Waals surface area contributed by atoms with Crippen molar-refractivity contribution in [3.8, 4) is 0 Å². The van der Waals surface area contributed by atoms with E-state index in [0.717, 1.165) is 22.2 Å². The summed E-state index contributed by atoms with van der Waals surface area (Å²) in [5.41, 5.74) is 0.995. The quantitative estimate of drug-likeness (QED) is 0.228. The number of non-ortho nitro benzene ring substituents is 1. The first-order valence-corrected chi connectivity index (χ1v) is 15.2. The topological polar surface area (TPSA) is 130 Å². The number of nitro benzene ring substituents is 1. The SMILES string of the molecule is CC(C)CNC(=O)C(Cc1ccccc1)N(Cc1ccccc1Cl)C(=O)CN(c1cccc([N+](=O)[O-])c1)S(C)(=O)=O. The molecule has 3 aromatic carbocycles. The van der Waals surface area contributed by atoms with E-state index in [9.17, 15) is 28.1 Å². The fourth-order valence-electron chi connectivity index (χ4n) is 4.16. The standard InChI is InChI=1S/C29H33ClN4O6S/c1-21(2)18-31-29(36)27(16-22-10-5-4-6-11-22)32(19-23-12-7-8-15-26(23)30)28(35)20-33(41(3,39)40)24-13-9-14-25(17-24)34(37)38/h4-15,17,21,27H,16,18-20H2,1-3H3,(H,31,36). The molecular weight excluding hydrogens is 568 g/mol. The number of amides is 2. The molecule has 10 nitrogen and oxygen atoms in total. The molecule has 0 aliphatic rings. The van der Waals surface area contributed by atoms with Gasteiger partial charge in [-0.15, -0.1) is 0 Å². The van der Waals surface area contributed by atoms with Crippen LogP contribution in [0, 0.1) is 16.0 Å². The monoisotopic (exact) mass is 600 g/mol. The molecule has 1 atom stereocenters. The maximum atomic E-state index is 14.0. The highest BCUT2D eigenvalue weighted by Gasteiger charge is 2.33. The van der Waals surface area contributed by atoms with Gasteiger partial charge in [0.2, 0.25) is 21.8 Å². The summed E-state index contributed by atoms with van der Waals surface area (Å²) in [6.45, 7) is 3.51. The molecule has 1 N–H and O–H groups in total. The number of nitro groups is 1. The summed E-state index contributed by atoms with van der Waals surface area (Å²) < 4.78 is 26.5. The zero-order valence-corrected chi connectivity index (χ0v) is 24.6. The lowest BCUT2D eigenvalue weighted by Crippen LogP contribution is -2.53. The van der Waals surface area contributed by atoms with E-state index in [0.29, 0.717) is 17.1 Å². The molecule has 0 aliphatic carbocycles. The average molecular weight is 601 g/mol. The van der Waals surface area contributed by atoms with Crippen molar-refractivity contribution in [2.45, 2.75) is 32.9 Å². The summed E-state index contributed by atoms with van der Waals surface area (Å²) in [6.07, 6.45) is 1.07. The average Bonchev–Trinajstić information content (AvgIpc) is 2.93. The smallest absolute Gasteiger partial charge is 0.271 e. The van der Waals surface area contributed by atoms with Crippen molar-refractivity contribution in [3.63, 3.8) is 0 Å². The zero-order chi connectivity index (χ0) is 30.2. The van der Waals surface area contributed by atoms with Crippen LogP contribution in [0.3, 0.4) is 0 Å². The van der Waals surface area contributed by atoms with Gasteiger partial charge in [0.25, 0.3) is 5.69 Å². The second-order valence-electron chi connectivity index (χ2n) is 10.0. The molecule has 0 spiro atoms. The van der Waals surface area contributed by atoms with Gasteiger partial charge < -0.3 is 10.2 Å². The van der Waals surface area contributed by atoms with Gasteiger partial charge in [0.1, 0.15) is 12.6 Å². The lowest BCUT2D eigenvalue weighted by molar-refractivity contribution is -0.384. The highest BCUT2D eigenvalue weighted by Crippen LogP contribution is 2.25. The summed E-state index contributed by atoms with van der Waals surface area (Å²) in [5, 5.41) is 14.6. The predicted molar refractivity (Wildman–Crippen MR) is 159 cm³/mol. The van der Waals surface area contributed by atoms with E-state index in [1.807, 2.05) is 44.2 Å². The molecule has 218 valence electrons. The first-order valence-electron chi connectivity index (χ1n) is 12.9. The minimum absolute atomic E-state index is 0.0448. The third-order valence-corrected chi connectivity index (χ3v) is 7.77. The predicted octanol–water partition coefficient (Wildman–Crippen LogP) is 4.43. The molecule has 0 heterocycles. The number of anilines is 1. The van der Waals surface area contributed by atoms with Gasteiger partial charge in [-0.3, -0.25) is 24.0 Å². The van der Waals surface area contributed by atoms with Crippen LogP contribution in [0.2, 0.25) is 5.02 Å². The van der Waals surface area contributed by atoms with Crippen LogP contribution in [0.1, 0.15) is 25.0 Å². The van der Waals surface area contributed by atoms with Crippen LogP contribution in [-0.4, -0.2) is 55.4 Å². The molecule has 12 heteroatoms. The van der Waals surface area contributed by atoms with E-state index in [1.165, 1.54) is 23.1 Å². The van der Waals surface area contributed by atoms with Crippen molar-refractivity contribution in [3.05, 3.63) is 105 Å². The number of carbonyl (C=O) groups excluding carboxylic acids is 2. The summed E-state index contributed by atoms with van der Waals surface area (Å²) in [7, 11) is -4.06. The Balaban J connectivity index is 2.08. The van der Waals surface area contributed by atoms with Gasteiger partial charge in [-0.1, -0.05) is 80.0 Å². The number of nitrogens with zero attached hydrogens (tertiary/aromatic N) is 3. The summed E-state index contributed by atoms with van der Waals surface area (Å²) in [6, 6.07) is 20.1. The molecule has 0 saturated heterocycles. The third kappa shape index (κ3) is 9.02. The van der Waals surface area contributed by atoms with Gasteiger partial charge in [0.05, 0.1) is 16.9 Å². The lowest BCUT2D eigenvalue weighted by Gasteiger charge is -2.33. The third-order valence-electron chi connectivity index (χ3n) is 6.26. The number of hydrogen-bond acceptors (Lipinski definition) is 6. The molecule has 3 rings (SSSR count). The van der Waals surface area contributed by atoms with Gasteiger partial charge in [-0.25, -0.2) is 8.42 Å². The number of benzene rings is 3. The van der Waals surface area contributed by atoms with E-state index < -0.39 is 39.3 Å². The highest BCUT2D eigenvalue weighted by molar-refractivity contribution is 7.92. The van der Waals surface area contributed by atoms with Crippen LogP contribution in [0.15, 0.2) is 78.9 Å². The van der Waals surface area contributed by atoms with Crippen LogP contribution in [0.5, 0.6) is 0 Å². The van der Waals surface area contributed by atoms with E-state index in [1.54, 1.807) is 24.3 Å². The molecule has 0 aliphatic heterocycles. The maximum absolute atomic E-state index is 14.0. The molecule has 0 bridgehead atoms. The number of carbonyl (C=O) groups is 2. The Hall–Kier alpha value is -3.96. The Labute approximate surface area is 245 Å². The van der Waals surface area contributed by atoms with Crippen LogP contribution in [-0.2, 0) is 32.6 Å².